The summed E-state index contributed by atoms with van der Waals surface area (Å²) in [5.41, 5.74) is 6.36. The van der Waals surface area contributed by atoms with E-state index >= 15 is 0 Å². The van der Waals surface area contributed by atoms with Gasteiger partial charge in [0, 0.05) is 0 Å². The predicted molar refractivity (Wildman–Crippen MR) is 45.3 cm³/mol. The van der Waals surface area contributed by atoms with E-state index in [1.54, 1.807) is 13.8 Å². The van der Waals surface area contributed by atoms with Gasteiger partial charge < -0.3 is 5.73 Å². The summed E-state index contributed by atoms with van der Waals surface area (Å²) in [4.78, 5) is 11.1. The summed E-state index contributed by atoms with van der Waals surface area (Å²) in [6.45, 7) is 3.46. The van der Waals surface area contributed by atoms with Crippen molar-refractivity contribution < 1.29 is 0 Å². The fourth-order valence-electron chi connectivity index (χ4n) is 0.950. The zero-order valence-electron chi connectivity index (χ0n) is 6.93. The van der Waals surface area contributed by atoms with Crippen LogP contribution < -0.4 is 11.3 Å². The summed E-state index contributed by atoms with van der Waals surface area (Å²) in [6, 6.07) is 0. The molecule has 0 unspecified atom stereocenters. The van der Waals surface area contributed by atoms with E-state index in [9.17, 15) is 4.79 Å². The first-order chi connectivity index (χ1) is 5.54. The van der Waals surface area contributed by atoms with Crippen molar-refractivity contribution >= 4 is 5.84 Å². The third-order valence-corrected chi connectivity index (χ3v) is 1.74. The minimum atomic E-state index is -0.411. The highest BCUT2D eigenvalue weighted by Gasteiger charge is 2.09. The molecule has 0 fully saturated rings. The van der Waals surface area contributed by atoms with Crippen molar-refractivity contribution in [3.63, 3.8) is 0 Å². The van der Waals surface area contributed by atoms with Gasteiger partial charge in [-0.25, -0.2) is 5.10 Å². The summed E-state index contributed by atoms with van der Waals surface area (Å²) in [6.07, 6.45) is 0. The molecule has 12 heavy (non-hydrogen) atoms. The molecule has 4 N–H and O–H groups in total. The highest BCUT2D eigenvalue weighted by molar-refractivity contribution is 5.95. The lowest BCUT2D eigenvalue weighted by atomic mass is 10.1. The van der Waals surface area contributed by atoms with E-state index in [4.69, 9.17) is 11.1 Å². The highest BCUT2D eigenvalue weighted by atomic mass is 16.1. The van der Waals surface area contributed by atoms with Gasteiger partial charge in [0.05, 0.1) is 11.3 Å². The molecule has 1 rings (SSSR count). The van der Waals surface area contributed by atoms with Gasteiger partial charge in [0.15, 0.2) is 0 Å². The number of hydrogen-bond acceptors (Lipinski definition) is 3. The average molecular weight is 166 g/mol. The molecular weight excluding hydrogens is 156 g/mol. The van der Waals surface area contributed by atoms with Crippen molar-refractivity contribution in [2.75, 3.05) is 0 Å². The number of aryl methyl sites for hydroxylation is 1. The van der Waals surface area contributed by atoms with Crippen LogP contribution in [0.3, 0.4) is 0 Å². The Balaban J connectivity index is 3.54. The van der Waals surface area contributed by atoms with Crippen LogP contribution in [0, 0.1) is 19.3 Å². The Morgan fingerprint density at radius 3 is 2.58 bits per heavy atom. The molecule has 0 aromatic carbocycles. The Labute approximate surface area is 69.1 Å². The van der Waals surface area contributed by atoms with E-state index in [1.165, 1.54) is 0 Å². The van der Waals surface area contributed by atoms with Gasteiger partial charge >= 0.3 is 0 Å². The van der Waals surface area contributed by atoms with Gasteiger partial charge in [-0.15, -0.1) is 0 Å². The van der Waals surface area contributed by atoms with Crippen LogP contribution in [0.2, 0.25) is 0 Å². The fourth-order valence-corrected chi connectivity index (χ4v) is 0.950. The molecule has 0 amide bonds. The molecule has 1 aromatic rings. The average Bonchev–Trinajstić information content (AvgIpc) is 1.97. The van der Waals surface area contributed by atoms with Crippen molar-refractivity contribution in [3.05, 3.63) is 27.2 Å². The first-order valence-corrected chi connectivity index (χ1v) is 3.44. The Kier molecular flexibility index (Phi) is 1.95. The van der Waals surface area contributed by atoms with Crippen LogP contribution in [0.4, 0.5) is 0 Å². The predicted octanol–water partition coefficient (Wildman–Crippen LogP) is -0.329. The molecule has 0 aliphatic carbocycles. The summed E-state index contributed by atoms with van der Waals surface area (Å²) in [5.74, 6) is -0.223. The third-order valence-electron chi connectivity index (χ3n) is 1.74. The number of nitrogens with two attached hydrogens (primary N) is 1. The smallest absolute Gasteiger partial charge is 0.275 e. The standard InChI is InChI=1S/C7H10N4O/c1-3-4(2)10-11-7(12)5(3)6(8)9/h1-2H3,(H3,8,9)(H,11,12). The van der Waals surface area contributed by atoms with Crippen LogP contribution in [0.15, 0.2) is 4.79 Å². The maximum absolute atomic E-state index is 11.1. The van der Waals surface area contributed by atoms with Crippen molar-refractivity contribution in [1.82, 2.24) is 10.2 Å². The molecule has 0 atom stereocenters. The van der Waals surface area contributed by atoms with Crippen LogP contribution in [-0.4, -0.2) is 16.0 Å². The zero-order valence-corrected chi connectivity index (χ0v) is 6.93. The number of nitrogens with one attached hydrogen (secondary N) is 2. The Hall–Kier alpha value is -1.65. The van der Waals surface area contributed by atoms with Gasteiger partial charge in [-0.05, 0) is 19.4 Å². The van der Waals surface area contributed by atoms with Crippen molar-refractivity contribution in [3.8, 4) is 0 Å². The molecule has 64 valence electrons. The molecular formula is C7H10N4O. The molecule has 0 saturated carbocycles. The molecule has 0 spiro atoms. The minimum Gasteiger partial charge on any atom is -0.384 e. The van der Waals surface area contributed by atoms with E-state index in [1.807, 2.05) is 0 Å². The van der Waals surface area contributed by atoms with Crippen molar-refractivity contribution in [1.29, 1.82) is 5.41 Å². The topological polar surface area (TPSA) is 95.6 Å². The van der Waals surface area contributed by atoms with Crippen LogP contribution in [-0.2, 0) is 0 Å². The van der Waals surface area contributed by atoms with E-state index in [-0.39, 0.29) is 11.4 Å². The largest absolute Gasteiger partial charge is 0.384 e. The summed E-state index contributed by atoms with van der Waals surface area (Å²) in [5, 5.41) is 13.1. The normalized spacial score (nSPS) is 9.83. The molecule has 0 radical (unpaired) electrons. The molecule has 0 saturated heterocycles. The monoisotopic (exact) mass is 166 g/mol. The molecule has 1 heterocycles. The molecule has 0 bridgehead atoms. The van der Waals surface area contributed by atoms with Crippen LogP contribution in [0.25, 0.3) is 0 Å². The Bertz CT molecular complexity index is 379. The van der Waals surface area contributed by atoms with Gasteiger partial charge in [0.2, 0.25) is 0 Å². The van der Waals surface area contributed by atoms with Gasteiger partial charge in [0.25, 0.3) is 5.56 Å². The van der Waals surface area contributed by atoms with Gasteiger partial charge in [-0.1, -0.05) is 0 Å². The van der Waals surface area contributed by atoms with Gasteiger partial charge in [-0.2, -0.15) is 5.10 Å². The SMILES string of the molecule is Cc1n[nH]c(=O)c(C(=N)N)c1C. The molecule has 0 aliphatic rings. The number of hydrogen-bond donors (Lipinski definition) is 3. The number of nitrogen functional groups attached to an aromatic ring is 1. The van der Waals surface area contributed by atoms with Crippen LogP contribution in [0.5, 0.6) is 0 Å². The summed E-state index contributed by atoms with van der Waals surface area (Å²) >= 11 is 0. The third kappa shape index (κ3) is 1.20. The van der Waals surface area contributed by atoms with Gasteiger partial charge in [0.1, 0.15) is 5.84 Å². The number of amidine groups is 1. The minimum absolute atomic E-state index is 0.211. The fraction of sp³-hybridized carbons (Fsp3) is 0.286. The first kappa shape index (κ1) is 8.45. The zero-order chi connectivity index (χ0) is 9.30. The second-order valence-electron chi connectivity index (χ2n) is 2.55. The van der Waals surface area contributed by atoms with E-state index in [0.29, 0.717) is 11.3 Å². The number of aromatic nitrogens is 2. The Morgan fingerprint density at radius 2 is 2.17 bits per heavy atom. The molecule has 5 nitrogen and oxygen atoms in total. The lowest BCUT2D eigenvalue weighted by Gasteiger charge is -2.03. The lowest BCUT2D eigenvalue weighted by molar-refractivity contribution is 0.921. The molecule has 1 aromatic heterocycles. The van der Waals surface area contributed by atoms with Crippen LogP contribution in [0.1, 0.15) is 16.8 Å². The van der Waals surface area contributed by atoms with Crippen molar-refractivity contribution in [2.24, 2.45) is 5.73 Å². The van der Waals surface area contributed by atoms with E-state index in [0.717, 1.165) is 0 Å². The van der Waals surface area contributed by atoms with E-state index < -0.39 is 5.56 Å². The number of H-pyrrole nitrogens is 1. The lowest BCUT2D eigenvalue weighted by Crippen LogP contribution is -2.26. The maximum Gasteiger partial charge on any atom is 0.275 e. The first-order valence-electron chi connectivity index (χ1n) is 3.44. The van der Waals surface area contributed by atoms with Gasteiger partial charge in [-0.3, -0.25) is 10.2 Å². The van der Waals surface area contributed by atoms with Crippen LogP contribution >= 0.6 is 0 Å². The number of nitrogens with zero attached hydrogens (tertiary/aromatic N) is 1. The van der Waals surface area contributed by atoms with Crippen molar-refractivity contribution in [2.45, 2.75) is 13.8 Å². The summed E-state index contributed by atoms with van der Waals surface area (Å²) in [7, 11) is 0. The second-order valence-corrected chi connectivity index (χ2v) is 2.55. The summed E-state index contributed by atoms with van der Waals surface area (Å²) < 4.78 is 0. The maximum atomic E-state index is 11.1. The molecule has 0 aliphatic heterocycles. The van der Waals surface area contributed by atoms with E-state index in [2.05, 4.69) is 10.2 Å². The quantitative estimate of drug-likeness (QED) is 0.393. The number of aromatic amines is 1. The molecule has 5 heteroatoms. The number of rotatable bonds is 1. The second kappa shape index (κ2) is 2.77. The highest BCUT2D eigenvalue weighted by Crippen LogP contribution is 2.02. The Morgan fingerprint density at radius 1 is 1.58 bits per heavy atom.